The second-order valence-electron chi connectivity index (χ2n) is 6.78. The van der Waals surface area contributed by atoms with E-state index < -0.39 is 12.3 Å². The molecule has 2 heterocycles. The second-order valence-corrected chi connectivity index (χ2v) is 7.21. The van der Waals surface area contributed by atoms with Crippen molar-refractivity contribution in [2.45, 2.75) is 6.29 Å². The minimum Gasteiger partial charge on any atom is -0.446 e. The number of carbonyl (C=O) groups excluding carboxylic acids is 1. The molecule has 0 saturated heterocycles. The average molecular weight is 419 g/mol. The van der Waals surface area contributed by atoms with Crippen molar-refractivity contribution < 1.29 is 19.5 Å². The van der Waals surface area contributed by atoms with Crippen molar-refractivity contribution >= 4 is 39.9 Å². The van der Waals surface area contributed by atoms with E-state index in [1.165, 1.54) is 12.3 Å². The lowest BCUT2D eigenvalue weighted by molar-refractivity contribution is -0.0824. The smallest absolute Gasteiger partial charge is 0.341 e. The highest BCUT2D eigenvalue weighted by molar-refractivity contribution is 6.30. The zero-order chi connectivity index (χ0) is 20.7. The summed E-state index contributed by atoms with van der Waals surface area (Å²) in [6, 6.07) is 18.0. The van der Waals surface area contributed by atoms with Crippen LogP contribution in [0.2, 0.25) is 5.02 Å². The maximum atomic E-state index is 12.8. The number of carbonyl (C=O) groups is 1. The van der Waals surface area contributed by atoms with E-state index in [1.807, 2.05) is 36.4 Å². The van der Waals surface area contributed by atoms with Gasteiger partial charge in [0, 0.05) is 11.2 Å². The predicted octanol–water partition coefficient (Wildman–Crippen LogP) is 5.51. The number of allylic oxidation sites excluding steroid dienone is 2. The quantitative estimate of drug-likeness (QED) is 0.555. The molecule has 7 heteroatoms. The highest BCUT2D eigenvalue weighted by Crippen LogP contribution is 2.39. The Hall–Kier alpha value is -3.61. The summed E-state index contributed by atoms with van der Waals surface area (Å²) in [7, 11) is 0. The van der Waals surface area contributed by atoms with Gasteiger partial charge in [-0.2, -0.15) is 0 Å². The third kappa shape index (κ3) is 3.32. The molecule has 0 aliphatic carbocycles. The minimum atomic E-state index is -1.07. The van der Waals surface area contributed by atoms with Crippen LogP contribution in [0.1, 0.15) is 22.2 Å². The number of hydrogen-bond donors (Lipinski definition) is 1. The molecule has 30 heavy (non-hydrogen) atoms. The zero-order valence-corrected chi connectivity index (χ0v) is 16.3. The summed E-state index contributed by atoms with van der Waals surface area (Å²) in [5, 5.41) is 13.4. The molecule has 0 fully saturated rings. The summed E-state index contributed by atoms with van der Waals surface area (Å²) >= 11 is 6.00. The van der Waals surface area contributed by atoms with Gasteiger partial charge in [-0.3, -0.25) is 5.21 Å². The molecule has 0 amide bonds. The molecule has 3 aromatic carbocycles. The molecule has 0 radical (unpaired) electrons. The molecular formula is C23H15ClN2O4. The number of benzene rings is 3. The fourth-order valence-electron chi connectivity index (χ4n) is 3.36. The zero-order valence-electron chi connectivity index (χ0n) is 15.5. The van der Waals surface area contributed by atoms with Crippen molar-refractivity contribution in [3.05, 3.63) is 101 Å². The number of rotatable bonds is 2. The van der Waals surface area contributed by atoms with Gasteiger partial charge in [0.05, 0.1) is 16.8 Å². The number of hydroxylamine groups is 2. The number of fused-ring (bicyclic) bond motifs is 3. The van der Waals surface area contributed by atoms with E-state index >= 15 is 0 Å². The van der Waals surface area contributed by atoms with Gasteiger partial charge in [-0.15, -0.1) is 0 Å². The standard InChI is InChI=1S/C23H15ClN2O4/c24-17-8-3-7-16(11-17)22(27)30-23-18-12-14-5-1-2-6-15(14)13-19(18)25-21-20(29-23)9-4-10-26(21)28/h1-13,23,28H. The van der Waals surface area contributed by atoms with Gasteiger partial charge in [-0.25, -0.2) is 14.9 Å². The summed E-state index contributed by atoms with van der Waals surface area (Å²) in [5.41, 5.74) is 1.41. The summed E-state index contributed by atoms with van der Waals surface area (Å²) < 4.78 is 11.7. The SMILES string of the molecule is O=C(OC1OC2=CC=CN(O)C2=Nc2cc3ccccc3cc21)c1cccc(Cl)c1. The largest absolute Gasteiger partial charge is 0.446 e. The van der Waals surface area contributed by atoms with E-state index in [-0.39, 0.29) is 11.6 Å². The van der Waals surface area contributed by atoms with Gasteiger partial charge in [0.15, 0.2) is 11.6 Å². The second kappa shape index (κ2) is 7.33. The lowest BCUT2D eigenvalue weighted by atomic mass is 10.0. The van der Waals surface area contributed by atoms with Crippen molar-refractivity contribution in [1.82, 2.24) is 5.06 Å². The summed E-state index contributed by atoms with van der Waals surface area (Å²) in [5.74, 6) is -0.0997. The minimum absolute atomic E-state index is 0.204. The maximum Gasteiger partial charge on any atom is 0.341 e. The fraction of sp³-hybridized carbons (Fsp3) is 0.0435. The highest BCUT2D eigenvalue weighted by Gasteiger charge is 2.31. The Balaban J connectivity index is 1.61. The van der Waals surface area contributed by atoms with Gasteiger partial charge in [0.2, 0.25) is 0 Å². The predicted molar refractivity (Wildman–Crippen MR) is 113 cm³/mol. The van der Waals surface area contributed by atoms with Crippen LogP contribution in [0.4, 0.5) is 5.69 Å². The van der Waals surface area contributed by atoms with Crippen molar-refractivity contribution in [2.24, 2.45) is 4.99 Å². The van der Waals surface area contributed by atoms with E-state index in [4.69, 9.17) is 21.1 Å². The van der Waals surface area contributed by atoms with Crippen LogP contribution < -0.4 is 0 Å². The number of hydrogen-bond acceptors (Lipinski definition) is 6. The van der Waals surface area contributed by atoms with Crippen LogP contribution in [-0.2, 0) is 9.47 Å². The van der Waals surface area contributed by atoms with Gasteiger partial charge in [0.1, 0.15) is 0 Å². The number of esters is 1. The Morgan fingerprint density at radius 2 is 1.90 bits per heavy atom. The molecule has 0 aromatic heterocycles. The summed E-state index contributed by atoms with van der Waals surface area (Å²) in [4.78, 5) is 17.4. The monoisotopic (exact) mass is 418 g/mol. The first-order valence-electron chi connectivity index (χ1n) is 9.20. The maximum absolute atomic E-state index is 12.8. The lowest BCUT2D eigenvalue weighted by Crippen LogP contribution is -2.27. The Bertz CT molecular complexity index is 1270. The molecule has 2 aliphatic rings. The van der Waals surface area contributed by atoms with E-state index in [9.17, 15) is 10.0 Å². The van der Waals surface area contributed by atoms with Crippen molar-refractivity contribution in [1.29, 1.82) is 0 Å². The van der Waals surface area contributed by atoms with E-state index in [2.05, 4.69) is 4.99 Å². The van der Waals surface area contributed by atoms with Crippen LogP contribution in [-0.4, -0.2) is 22.1 Å². The van der Waals surface area contributed by atoms with Gasteiger partial charge in [-0.1, -0.05) is 41.9 Å². The van der Waals surface area contributed by atoms with E-state index in [0.717, 1.165) is 15.8 Å². The Morgan fingerprint density at radius 3 is 2.70 bits per heavy atom. The molecule has 5 rings (SSSR count). The first kappa shape index (κ1) is 18.4. The van der Waals surface area contributed by atoms with Crippen LogP contribution >= 0.6 is 11.6 Å². The first-order valence-corrected chi connectivity index (χ1v) is 9.58. The Kier molecular flexibility index (Phi) is 4.50. The van der Waals surface area contributed by atoms with Crippen LogP contribution in [0.3, 0.4) is 0 Å². The Labute approximate surface area is 176 Å². The third-order valence-electron chi connectivity index (χ3n) is 4.80. The van der Waals surface area contributed by atoms with Gasteiger partial charge >= 0.3 is 5.97 Å². The van der Waals surface area contributed by atoms with Gasteiger partial charge in [0.25, 0.3) is 6.29 Å². The molecule has 1 atom stereocenters. The molecule has 0 spiro atoms. The van der Waals surface area contributed by atoms with E-state index in [1.54, 1.807) is 30.4 Å². The molecule has 0 saturated carbocycles. The molecule has 1 unspecified atom stereocenters. The number of ether oxygens (including phenoxy) is 2. The molecule has 3 aromatic rings. The molecule has 6 nitrogen and oxygen atoms in total. The normalized spacial score (nSPS) is 17.3. The van der Waals surface area contributed by atoms with Crippen LogP contribution in [0.25, 0.3) is 10.8 Å². The topological polar surface area (TPSA) is 71.4 Å². The van der Waals surface area contributed by atoms with Crippen LogP contribution in [0.15, 0.2) is 89.8 Å². The third-order valence-corrected chi connectivity index (χ3v) is 5.03. The van der Waals surface area contributed by atoms with E-state index in [0.29, 0.717) is 21.8 Å². The average Bonchev–Trinajstić information content (AvgIpc) is 2.89. The summed E-state index contributed by atoms with van der Waals surface area (Å²) in [6.45, 7) is 0. The number of amidine groups is 1. The van der Waals surface area contributed by atoms with Gasteiger partial charge < -0.3 is 9.47 Å². The molecule has 1 N–H and O–H groups in total. The van der Waals surface area contributed by atoms with Crippen molar-refractivity contribution in [3.8, 4) is 0 Å². The molecule has 2 aliphatic heterocycles. The number of halogens is 1. The number of aliphatic imine (C=N–C) groups is 1. The summed E-state index contributed by atoms with van der Waals surface area (Å²) in [6.07, 6.45) is 3.64. The molecule has 148 valence electrons. The van der Waals surface area contributed by atoms with Crippen LogP contribution in [0, 0.1) is 0 Å². The first-order chi connectivity index (χ1) is 14.6. The lowest BCUT2D eigenvalue weighted by Gasteiger charge is -2.23. The van der Waals surface area contributed by atoms with Crippen molar-refractivity contribution in [2.75, 3.05) is 0 Å². The Morgan fingerprint density at radius 1 is 1.10 bits per heavy atom. The van der Waals surface area contributed by atoms with Crippen LogP contribution in [0.5, 0.6) is 0 Å². The highest BCUT2D eigenvalue weighted by atomic mass is 35.5. The fourth-order valence-corrected chi connectivity index (χ4v) is 3.55. The number of nitrogens with zero attached hydrogens (tertiary/aromatic N) is 2. The van der Waals surface area contributed by atoms with Crippen molar-refractivity contribution in [3.63, 3.8) is 0 Å². The molecular weight excluding hydrogens is 404 g/mol. The van der Waals surface area contributed by atoms with Gasteiger partial charge in [-0.05, 0) is 53.3 Å². The molecule has 0 bridgehead atoms.